The smallest absolute Gasteiger partial charge is 0.404 e. The molecule has 1 unspecified atom stereocenters. The number of primary amides is 1. The molecule has 4 heteroatoms. The van der Waals surface area contributed by atoms with E-state index in [-0.39, 0.29) is 12.7 Å². The van der Waals surface area contributed by atoms with Crippen LogP contribution in [0.25, 0.3) is 0 Å². The summed E-state index contributed by atoms with van der Waals surface area (Å²) in [6.07, 6.45) is 17.5. The van der Waals surface area contributed by atoms with E-state index < -0.39 is 6.09 Å². The molecule has 0 saturated carbocycles. The Bertz CT molecular complexity index is 259. The van der Waals surface area contributed by atoms with E-state index in [1.807, 2.05) is 0 Å². The van der Waals surface area contributed by atoms with Crippen LogP contribution in [0.1, 0.15) is 103 Å². The molecule has 0 radical (unpaired) electrons. The molecule has 0 bridgehead atoms. The second-order valence-corrected chi connectivity index (χ2v) is 6.60. The second kappa shape index (κ2) is 17.6. The first-order valence-electron chi connectivity index (χ1n) is 9.77. The van der Waals surface area contributed by atoms with Crippen molar-refractivity contribution in [2.45, 2.75) is 109 Å². The van der Waals surface area contributed by atoms with Gasteiger partial charge in [0.25, 0.3) is 0 Å². The zero-order chi connectivity index (χ0) is 17.2. The first kappa shape index (κ1) is 22.2. The van der Waals surface area contributed by atoms with Gasteiger partial charge in [0.15, 0.2) is 0 Å². The number of ether oxygens (including phenoxy) is 1. The topological polar surface area (TPSA) is 72.6 Å². The fourth-order valence-corrected chi connectivity index (χ4v) is 2.96. The number of unbranched alkanes of at least 4 members (excludes halogenated alkanes) is 12. The predicted octanol–water partition coefficient (Wildman–Crippen LogP) is 5.31. The van der Waals surface area contributed by atoms with Crippen LogP contribution < -0.4 is 5.73 Å². The average Bonchev–Trinajstić information content (AvgIpc) is 2.51. The molecule has 3 N–H and O–H groups in total. The lowest BCUT2D eigenvalue weighted by Crippen LogP contribution is -2.23. The van der Waals surface area contributed by atoms with Gasteiger partial charge in [-0.25, -0.2) is 4.79 Å². The fourth-order valence-electron chi connectivity index (χ4n) is 2.96. The third-order valence-corrected chi connectivity index (χ3v) is 4.36. The van der Waals surface area contributed by atoms with Gasteiger partial charge in [0.2, 0.25) is 0 Å². The highest BCUT2D eigenvalue weighted by Crippen LogP contribution is 2.14. The van der Waals surface area contributed by atoms with Gasteiger partial charge >= 0.3 is 6.09 Å². The molecule has 0 aliphatic carbocycles. The molecular formula is C19H39NO3. The number of aliphatic hydroxyl groups excluding tert-OH is 1. The van der Waals surface area contributed by atoms with Gasteiger partial charge < -0.3 is 15.6 Å². The third-order valence-electron chi connectivity index (χ3n) is 4.36. The lowest BCUT2D eigenvalue weighted by atomic mass is 10.0. The zero-order valence-electron chi connectivity index (χ0n) is 15.2. The Morgan fingerprint density at radius 3 is 1.65 bits per heavy atom. The van der Waals surface area contributed by atoms with E-state index in [4.69, 9.17) is 15.6 Å². The molecule has 0 aliphatic rings. The summed E-state index contributed by atoms with van der Waals surface area (Å²) in [5.41, 5.74) is 5.02. The van der Waals surface area contributed by atoms with Gasteiger partial charge in [0, 0.05) is 13.0 Å². The highest BCUT2D eigenvalue weighted by atomic mass is 16.6. The molecule has 0 spiro atoms. The number of carbonyl (C=O) groups excluding carboxylic acids is 1. The second-order valence-electron chi connectivity index (χ2n) is 6.60. The van der Waals surface area contributed by atoms with Gasteiger partial charge in [-0.2, -0.15) is 0 Å². The zero-order valence-corrected chi connectivity index (χ0v) is 15.2. The summed E-state index contributed by atoms with van der Waals surface area (Å²) in [4.78, 5) is 10.7. The fraction of sp³-hybridized carbons (Fsp3) is 0.947. The molecule has 1 amide bonds. The normalized spacial score (nSPS) is 12.3. The molecule has 0 fully saturated rings. The van der Waals surface area contributed by atoms with Gasteiger partial charge in [0.05, 0.1) is 0 Å². The van der Waals surface area contributed by atoms with E-state index in [0.717, 1.165) is 12.8 Å². The average molecular weight is 330 g/mol. The number of carbonyl (C=O) groups is 1. The Labute approximate surface area is 143 Å². The maximum Gasteiger partial charge on any atom is 0.404 e. The molecule has 138 valence electrons. The van der Waals surface area contributed by atoms with E-state index in [2.05, 4.69) is 6.92 Å². The van der Waals surface area contributed by atoms with Crippen molar-refractivity contribution in [1.82, 2.24) is 0 Å². The third kappa shape index (κ3) is 17.4. The summed E-state index contributed by atoms with van der Waals surface area (Å²) in [6.45, 7) is 2.30. The molecule has 4 nitrogen and oxygen atoms in total. The summed E-state index contributed by atoms with van der Waals surface area (Å²) < 4.78 is 4.98. The van der Waals surface area contributed by atoms with E-state index in [1.165, 1.54) is 77.0 Å². The largest absolute Gasteiger partial charge is 0.446 e. The Kier molecular flexibility index (Phi) is 17.0. The first-order valence-corrected chi connectivity index (χ1v) is 9.77. The van der Waals surface area contributed by atoms with Crippen LogP contribution in [0.2, 0.25) is 0 Å². The quantitative estimate of drug-likeness (QED) is 0.355. The molecule has 0 saturated heterocycles. The number of rotatable bonds is 17. The molecular weight excluding hydrogens is 290 g/mol. The Hall–Kier alpha value is -0.770. The van der Waals surface area contributed by atoms with Crippen molar-refractivity contribution in [2.75, 3.05) is 6.61 Å². The minimum absolute atomic E-state index is 0.0381. The molecule has 0 aromatic carbocycles. The molecule has 0 aromatic rings. The van der Waals surface area contributed by atoms with Crippen LogP contribution in [-0.4, -0.2) is 23.9 Å². The van der Waals surface area contributed by atoms with Gasteiger partial charge in [0.1, 0.15) is 6.10 Å². The molecule has 1 atom stereocenters. The number of hydrogen-bond acceptors (Lipinski definition) is 3. The summed E-state index contributed by atoms with van der Waals surface area (Å²) in [5.74, 6) is 0. The SMILES string of the molecule is CCCCCCCCCCCCCCCC(CCO)OC(N)=O. The molecule has 0 aliphatic heterocycles. The van der Waals surface area contributed by atoms with Gasteiger partial charge in [-0.3, -0.25) is 0 Å². The van der Waals surface area contributed by atoms with Crippen molar-refractivity contribution >= 4 is 6.09 Å². The number of aliphatic hydroxyl groups is 1. The van der Waals surface area contributed by atoms with Gasteiger partial charge in [-0.1, -0.05) is 84.0 Å². The predicted molar refractivity (Wildman–Crippen MR) is 96.5 cm³/mol. The van der Waals surface area contributed by atoms with Crippen molar-refractivity contribution in [1.29, 1.82) is 0 Å². The summed E-state index contributed by atoms with van der Waals surface area (Å²) in [7, 11) is 0. The Morgan fingerprint density at radius 2 is 1.26 bits per heavy atom. The van der Waals surface area contributed by atoms with Crippen LogP contribution in [0.5, 0.6) is 0 Å². The monoisotopic (exact) mass is 329 g/mol. The van der Waals surface area contributed by atoms with E-state index >= 15 is 0 Å². The number of amides is 1. The first-order chi connectivity index (χ1) is 11.2. The van der Waals surface area contributed by atoms with E-state index in [0.29, 0.717) is 6.42 Å². The van der Waals surface area contributed by atoms with Crippen LogP contribution in [0, 0.1) is 0 Å². The summed E-state index contributed by atoms with van der Waals surface area (Å²) in [6, 6.07) is 0. The maximum atomic E-state index is 10.7. The van der Waals surface area contributed by atoms with Crippen LogP contribution >= 0.6 is 0 Å². The highest BCUT2D eigenvalue weighted by Gasteiger charge is 2.11. The summed E-state index contributed by atoms with van der Waals surface area (Å²) in [5, 5.41) is 8.92. The van der Waals surface area contributed by atoms with Crippen molar-refractivity contribution < 1.29 is 14.6 Å². The Morgan fingerprint density at radius 1 is 0.826 bits per heavy atom. The van der Waals surface area contributed by atoms with Crippen molar-refractivity contribution in [3.8, 4) is 0 Å². The van der Waals surface area contributed by atoms with Crippen LogP contribution in [0.15, 0.2) is 0 Å². The minimum atomic E-state index is -0.738. The minimum Gasteiger partial charge on any atom is -0.446 e. The van der Waals surface area contributed by atoms with Crippen LogP contribution in [-0.2, 0) is 4.74 Å². The Balaban J connectivity index is 3.27. The maximum absolute atomic E-state index is 10.7. The highest BCUT2D eigenvalue weighted by molar-refractivity contribution is 5.64. The summed E-state index contributed by atoms with van der Waals surface area (Å²) >= 11 is 0. The van der Waals surface area contributed by atoms with Crippen LogP contribution in [0.4, 0.5) is 4.79 Å². The molecule has 23 heavy (non-hydrogen) atoms. The van der Waals surface area contributed by atoms with Crippen molar-refractivity contribution in [3.05, 3.63) is 0 Å². The molecule has 0 aromatic heterocycles. The van der Waals surface area contributed by atoms with Gasteiger partial charge in [-0.15, -0.1) is 0 Å². The van der Waals surface area contributed by atoms with Crippen LogP contribution in [0.3, 0.4) is 0 Å². The van der Waals surface area contributed by atoms with Crippen molar-refractivity contribution in [3.63, 3.8) is 0 Å². The van der Waals surface area contributed by atoms with Gasteiger partial charge in [-0.05, 0) is 12.8 Å². The number of hydrogen-bond donors (Lipinski definition) is 2. The molecule has 0 heterocycles. The lowest BCUT2D eigenvalue weighted by molar-refractivity contribution is 0.0809. The van der Waals surface area contributed by atoms with Crippen molar-refractivity contribution in [2.24, 2.45) is 5.73 Å². The van der Waals surface area contributed by atoms with E-state index in [1.54, 1.807) is 0 Å². The lowest BCUT2D eigenvalue weighted by Gasteiger charge is -2.15. The standard InChI is InChI=1S/C19H39NO3/c1-2-3-4-5-6-7-8-9-10-11-12-13-14-15-18(16-17-21)23-19(20)22/h18,21H,2-17H2,1H3,(H2,20,22). The number of nitrogens with two attached hydrogens (primary N) is 1. The molecule has 0 rings (SSSR count). The van der Waals surface area contributed by atoms with E-state index in [9.17, 15) is 4.79 Å².